The highest BCUT2D eigenvalue weighted by Gasteiger charge is 2.33. The second-order valence-electron chi connectivity index (χ2n) is 5.20. The van der Waals surface area contributed by atoms with Crippen LogP contribution in [0.3, 0.4) is 0 Å². The summed E-state index contributed by atoms with van der Waals surface area (Å²) in [6.07, 6.45) is 0.623. The number of aliphatic hydroxyl groups is 1. The summed E-state index contributed by atoms with van der Waals surface area (Å²) < 4.78 is 4.94. The van der Waals surface area contributed by atoms with Gasteiger partial charge in [-0.05, 0) is 31.2 Å². The van der Waals surface area contributed by atoms with Crippen molar-refractivity contribution >= 4 is 5.91 Å². The average molecular weight is 280 g/mol. The third kappa shape index (κ3) is 3.02. The van der Waals surface area contributed by atoms with Crippen molar-refractivity contribution in [3.63, 3.8) is 0 Å². The van der Waals surface area contributed by atoms with Crippen LogP contribution in [0.1, 0.15) is 16.8 Å². The summed E-state index contributed by atoms with van der Waals surface area (Å²) in [6, 6.07) is 4.51. The maximum atomic E-state index is 12.3. The topological polar surface area (TPSA) is 82.0 Å². The van der Waals surface area contributed by atoms with E-state index in [1.54, 1.807) is 19.2 Å². The fourth-order valence-electron chi connectivity index (χ4n) is 2.42. The number of carbonyl (C=O) groups is 1. The molecule has 20 heavy (non-hydrogen) atoms. The number of phenolic OH excluding ortho intramolecular Hbond substituents is 1. The standard InChI is InChI=1S/C14H20N2O4/c1-16(9-14(19)5-6-15-8-14)13(18)10-3-4-12(20-2)11(17)7-10/h3-4,7,15,17,19H,5-6,8-9H2,1-2H3. The van der Waals surface area contributed by atoms with E-state index in [4.69, 9.17) is 4.74 Å². The summed E-state index contributed by atoms with van der Waals surface area (Å²) >= 11 is 0. The summed E-state index contributed by atoms with van der Waals surface area (Å²) in [5, 5.41) is 23.0. The quantitative estimate of drug-likeness (QED) is 0.734. The summed E-state index contributed by atoms with van der Waals surface area (Å²) in [6.45, 7) is 1.49. The number of hydrogen-bond acceptors (Lipinski definition) is 5. The molecule has 1 atom stereocenters. The first kappa shape index (κ1) is 14.6. The molecule has 1 heterocycles. The number of benzene rings is 1. The van der Waals surface area contributed by atoms with Gasteiger partial charge in [-0.15, -0.1) is 0 Å². The summed E-state index contributed by atoms with van der Waals surface area (Å²) in [5.74, 6) is -0.000836. The molecule has 1 unspecified atom stereocenters. The number of carbonyl (C=O) groups excluding carboxylic acids is 1. The predicted molar refractivity (Wildman–Crippen MR) is 74.1 cm³/mol. The van der Waals surface area contributed by atoms with Crippen molar-refractivity contribution in [3.8, 4) is 11.5 Å². The second kappa shape index (κ2) is 5.68. The van der Waals surface area contributed by atoms with Crippen LogP contribution in [0, 0.1) is 0 Å². The van der Waals surface area contributed by atoms with Crippen LogP contribution in [0.25, 0.3) is 0 Å². The second-order valence-corrected chi connectivity index (χ2v) is 5.20. The van der Waals surface area contributed by atoms with Gasteiger partial charge in [-0.1, -0.05) is 0 Å². The lowest BCUT2D eigenvalue weighted by molar-refractivity contribution is 0.0252. The van der Waals surface area contributed by atoms with E-state index in [0.29, 0.717) is 24.3 Å². The van der Waals surface area contributed by atoms with Gasteiger partial charge in [0.2, 0.25) is 0 Å². The van der Waals surface area contributed by atoms with E-state index in [1.165, 1.54) is 18.1 Å². The highest BCUT2D eigenvalue weighted by molar-refractivity contribution is 5.94. The van der Waals surface area contributed by atoms with Crippen molar-refractivity contribution < 1.29 is 19.7 Å². The Morgan fingerprint density at radius 2 is 2.30 bits per heavy atom. The fourth-order valence-corrected chi connectivity index (χ4v) is 2.42. The van der Waals surface area contributed by atoms with Gasteiger partial charge in [-0.2, -0.15) is 0 Å². The van der Waals surface area contributed by atoms with Gasteiger partial charge < -0.3 is 25.2 Å². The minimum absolute atomic E-state index is 0.0759. The maximum Gasteiger partial charge on any atom is 0.253 e. The molecule has 110 valence electrons. The third-order valence-corrected chi connectivity index (χ3v) is 3.53. The van der Waals surface area contributed by atoms with E-state index in [9.17, 15) is 15.0 Å². The van der Waals surface area contributed by atoms with E-state index in [1.807, 2.05) is 0 Å². The number of methoxy groups -OCH3 is 1. The highest BCUT2D eigenvalue weighted by atomic mass is 16.5. The Kier molecular flexibility index (Phi) is 4.15. The lowest BCUT2D eigenvalue weighted by atomic mass is 10.0. The first-order valence-electron chi connectivity index (χ1n) is 6.51. The molecule has 1 aromatic rings. The van der Waals surface area contributed by atoms with Gasteiger partial charge in [0, 0.05) is 19.2 Å². The number of rotatable bonds is 4. The number of nitrogens with zero attached hydrogens (tertiary/aromatic N) is 1. The van der Waals surface area contributed by atoms with Crippen molar-refractivity contribution in [2.24, 2.45) is 0 Å². The van der Waals surface area contributed by atoms with Crippen molar-refractivity contribution in [2.75, 3.05) is 33.8 Å². The van der Waals surface area contributed by atoms with Crippen molar-refractivity contribution in [1.29, 1.82) is 0 Å². The Hall–Kier alpha value is -1.79. The Morgan fingerprint density at radius 3 is 2.85 bits per heavy atom. The number of β-amino-alcohol motifs (C(OH)–C–C–N with tert-alkyl or cyclic N) is 1. The maximum absolute atomic E-state index is 12.3. The van der Waals surface area contributed by atoms with Gasteiger partial charge >= 0.3 is 0 Å². The number of aromatic hydroxyl groups is 1. The molecular weight excluding hydrogens is 260 g/mol. The molecule has 0 spiro atoms. The Bertz CT molecular complexity index is 498. The molecule has 3 N–H and O–H groups in total. The SMILES string of the molecule is COc1ccc(C(=O)N(C)CC2(O)CCNC2)cc1O. The monoisotopic (exact) mass is 280 g/mol. The molecule has 1 aliphatic heterocycles. The van der Waals surface area contributed by atoms with Gasteiger partial charge in [0.1, 0.15) is 0 Å². The van der Waals surface area contributed by atoms with Gasteiger partial charge in [0.25, 0.3) is 5.91 Å². The first-order chi connectivity index (χ1) is 9.45. The lowest BCUT2D eigenvalue weighted by Gasteiger charge is -2.28. The Labute approximate surface area is 118 Å². The highest BCUT2D eigenvalue weighted by Crippen LogP contribution is 2.27. The normalized spacial score (nSPS) is 21.8. The van der Waals surface area contributed by atoms with Crippen molar-refractivity contribution in [3.05, 3.63) is 23.8 Å². The van der Waals surface area contributed by atoms with Gasteiger partial charge in [0.05, 0.1) is 19.3 Å². The lowest BCUT2D eigenvalue weighted by Crippen LogP contribution is -2.45. The van der Waals surface area contributed by atoms with Crippen LogP contribution in [-0.4, -0.2) is 60.4 Å². The number of amides is 1. The molecule has 2 rings (SSSR count). The minimum Gasteiger partial charge on any atom is -0.504 e. The molecule has 1 fully saturated rings. The number of nitrogens with one attached hydrogen (secondary N) is 1. The molecule has 6 nitrogen and oxygen atoms in total. The molecule has 0 radical (unpaired) electrons. The van der Waals surface area contributed by atoms with E-state index >= 15 is 0 Å². The smallest absolute Gasteiger partial charge is 0.253 e. The van der Waals surface area contributed by atoms with Crippen LogP contribution >= 0.6 is 0 Å². The summed E-state index contributed by atoms with van der Waals surface area (Å²) in [5.41, 5.74) is -0.515. The van der Waals surface area contributed by atoms with Crippen molar-refractivity contribution in [2.45, 2.75) is 12.0 Å². The molecule has 1 aliphatic rings. The zero-order valence-electron chi connectivity index (χ0n) is 11.7. The van der Waals surface area contributed by atoms with Gasteiger partial charge in [-0.3, -0.25) is 4.79 Å². The van der Waals surface area contributed by atoms with Crippen LogP contribution in [-0.2, 0) is 0 Å². The molecule has 0 aromatic heterocycles. The Balaban J connectivity index is 2.08. The summed E-state index contributed by atoms with van der Waals surface area (Å²) in [7, 11) is 3.09. The van der Waals surface area contributed by atoms with E-state index < -0.39 is 5.60 Å². The first-order valence-corrected chi connectivity index (χ1v) is 6.51. The van der Waals surface area contributed by atoms with Gasteiger partial charge in [-0.25, -0.2) is 0 Å². The summed E-state index contributed by atoms with van der Waals surface area (Å²) in [4.78, 5) is 13.7. The van der Waals surface area contributed by atoms with E-state index in [0.717, 1.165) is 6.54 Å². The number of phenols is 1. The van der Waals surface area contributed by atoms with Crippen LogP contribution in [0.5, 0.6) is 11.5 Å². The number of likely N-dealkylation sites (N-methyl/N-ethyl adjacent to an activating group) is 1. The van der Waals surface area contributed by atoms with E-state index in [-0.39, 0.29) is 18.2 Å². The molecular formula is C14H20N2O4. The molecule has 1 amide bonds. The van der Waals surface area contributed by atoms with Crippen LogP contribution in [0.2, 0.25) is 0 Å². The minimum atomic E-state index is -0.876. The number of ether oxygens (including phenoxy) is 1. The van der Waals surface area contributed by atoms with Crippen LogP contribution in [0.15, 0.2) is 18.2 Å². The van der Waals surface area contributed by atoms with Crippen LogP contribution < -0.4 is 10.1 Å². The average Bonchev–Trinajstić information content (AvgIpc) is 2.84. The third-order valence-electron chi connectivity index (χ3n) is 3.53. The molecule has 1 aromatic carbocycles. The number of hydrogen-bond donors (Lipinski definition) is 3. The molecule has 0 saturated carbocycles. The predicted octanol–water partition coefficient (Wildman–Crippen LogP) is 0.197. The molecule has 1 saturated heterocycles. The molecule has 6 heteroatoms. The van der Waals surface area contributed by atoms with Crippen molar-refractivity contribution in [1.82, 2.24) is 10.2 Å². The van der Waals surface area contributed by atoms with Crippen LogP contribution in [0.4, 0.5) is 0 Å². The molecule has 0 aliphatic carbocycles. The zero-order valence-corrected chi connectivity index (χ0v) is 11.7. The van der Waals surface area contributed by atoms with E-state index in [2.05, 4.69) is 5.32 Å². The largest absolute Gasteiger partial charge is 0.504 e. The fraction of sp³-hybridized carbons (Fsp3) is 0.500. The van der Waals surface area contributed by atoms with Gasteiger partial charge in [0.15, 0.2) is 11.5 Å². The Morgan fingerprint density at radius 1 is 1.55 bits per heavy atom. The molecule has 0 bridgehead atoms. The zero-order chi connectivity index (χ0) is 14.8.